The SMILES string of the molecule is COC(=O)NS(=O)(=O)Nc1ccc(Cl)cc1N. The Bertz CT molecular complexity index is 532. The third-order valence-electron chi connectivity index (χ3n) is 1.66. The van der Waals surface area contributed by atoms with Crippen LogP contribution in [0.1, 0.15) is 0 Å². The van der Waals surface area contributed by atoms with Gasteiger partial charge in [0.05, 0.1) is 18.5 Å². The fourth-order valence-corrected chi connectivity index (χ4v) is 1.96. The number of methoxy groups -OCH3 is 1. The van der Waals surface area contributed by atoms with Crippen LogP contribution in [0.4, 0.5) is 16.2 Å². The van der Waals surface area contributed by atoms with Crippen molar-refractivity contribution in [2.75, 3.05) is 17.6 Å². The van der Waals surface area contributed by atoms with Crippen molar-refractivity contribution in [1.82, 2.24) is 4.72 Å². The van der Waals surface area contributed by atoms with Crippen LogP contribution in [0.3, 0.4) is 0 Å². The number of nitrogens with one attached hydrogen (secondary N) is 2. The van der Waals surface area contributed by atoms with E-state index >= 15 is 0 Å². The lowest BCUT2D eigenvalue weighted by molar-refractivity contribution is 0.177. The minimum atomic E-state index is -4.08. The summed E-state index contributed by atoms with van der Waals surface area (Å²) in [6.07, 6.45) is -1.11. The summed E-state index contributed by atoms with van der Waals surface area (Å²) >= 11 is 5.65. The lowest BCUT2D eigenvalue weighted by Crippen LogP contribution is -2.35. The van der Waals surface area contributed by atoms with Gasteiger partial charge in [0.1, 0.15) is 0 Å². The number of nitrogens with two attached hydrogens (primary N) is 1. The summed E-state index contributed by atoms with van der Waals surface area (Å²) in [5.74, 6) is 0. The van der Waals surface area contributed by atoms with E-state index in [0.29, 0.717) is 5.02 Å². The fourth-order valence-electron chi connectivity index (χ4n) is 0.948. The first-order valence-corrected chi connectivity index (χ1v) is 6.13. The Hall–Kier alpha value is -1.67. The van der Waals surface area contributed by atoms with Crippen molar-refractivity contribution in [2.45, 2.75) is 0 Å². The van der Waals surface area contributed by atoms with Gasteiger partial charge in [-0.25, -0.2) is 9.52 Å². The van der Waals surface area contributed by atoms with Crippen LogP contribution in [0, 0.1) is 0 Å². The van der Waals surface area contributed by atoms with Crippen molar-refractivity contribution >= 4 is 39.3 Å². The molecule has 0 aliphatic rings. The van der Waals surface area contributed by atoms with Crippen LogP contribution in [0.25, 0.3) is 0 Å². The molecule has 1 aromatic rings. The highest BCUT2D eigenvalue weighted by Crippen LogP contribution is 2.23. The maximum atomic E-state index is 11.4. The van der Waals surface area contributed by atoms with Crippen LogP contribution in [0.5, 0.6) is 0 Å². The zero-order valence-electron chi connectivity index (χ0n) is 8.73. The van der Waals surface area contributed by atoms with E-state index in [-0.39, 0.29) is 11.4 Å². The molecular weight excluding hydrogens is 270 g/mol. The largest absolute Gasteiger partial charge is 0.452 e. The maximum Gasteiger partial charge on any atom is 0.422 e. The molecule has 94 valence electrons. The van der Waals surface area contributed by atoms with Crippen LogP contribution in [0.2, 0.25) is 5.02 Å². The average Bonchev–Trinajstić information content (AvgIpc) is 2.21. The molecule has 9 heteroatoms. The Morgan fingerprint density at radius 2 is 2.12 bits per heavy atom. The Morgan fingerprint density at radius 1 is 1.47 bits per heavy atom. The van der Waals surface area contributed by atoms with Crippen LogP contribution >= 0.6 is 11.6 Å². The van der Waals surface area contributed by atoms with Gasteiger partial charge in [-0.3, -0.25) is 4.72 Å². The number of amides is 1. The van der Waals surface area contributed by atoms with E-state index in [2.05, 4.69) is 9.46 Å². The normalized spacial score (nSPS) is 10.7. The molecule has 1 rings (SSSR count). The van der Waals surface area contributed by atoms with Crippen LogP contribution in [-0.4, -0.2) is 21.6 Å². The van der Waals surface area contributed by atoms with Crippen molar-refractivity contribution in [3.8, 4) is 0 Å². The molecular formula is C8H10ClN3O4S. The van der Waals surface area contributed by atoms with Crippen molar-refractivity contribution in [2.24, 2.45) is 0 Å². The molecule has 0 aliphatic heterocycles. The first-order chi connectivity index (χ1) is 7.84. The number of hydrogen-bond donors (Lipinski definition) is 3. The van der Waals surface area contributed by atoms with Gasteiger partial charge >= 0.3 is 16.3 Å². The number of hydrogen-bond acceptors (Lipinski definition) is 5. The smallest absolute Gasteiger partial charge is 0.422 e. The molecule has 0 aromatic heterocycles. The molecule has 0 atom stereocenters. The molecule has 4 N–H and O–H groups in total. The van der Waals surface area contributed by atoms with Gasteiger partial charge in [0, 0.05) is 5.02 Å². The number of ether oxygens (including phenoxy) is 1. The fraction of sp³-hybridized carbons (Fsp3) is 0.125. The predicted octanol–water partition coefficient (Wildman–Crippen LogP) is 0.935. The standard InChI is InChI=1S/C8H10ClN3O4S/c1-16-8(13)12-17(14,15)11-7-3-2-5(9)4-6(7)10/h2-4,11H,10H2,1H3,(H,12,13). The van der Waals surface area contributed by atoms with Crippen LogP contribution in [0.15, 0.2) is 18.2 Å². The zero-order chi connectivity index (χ0) is 13.1. The molecule has 0 heterocycles. The van der Waals surface area contributed by atoms with Crippen molar-refractivity contribution in [1.29, 1.82) is 0 Å². The summed E-state index contributed by atoms with van der Waals surface area (Å²) in [5, 5.41) is 0.367. The van der Waals surface area contributed by atoms with Crippen LogP contribution in [-0.2, 0) is 14.9 Å². The summed E-state index contributed by atoms with van der Waals surface area (Å²) < 4.78 is 30.6. The van der Waals surface area contributed by atoms with E-state index in [9.17, 15) is 13.2 Å². The molecule has 0 bridgehead atoms. The summed E-state index contributed by atoms with van der Waals surface area (Å²) in [6, 6.07) is 4.19. The number of carbonyl (C=O) groups is 1. The Labute approximate surface area is 103 Å². The number of carbonyl (C=O) groups excluding carboxylic acids is 1. The highest BCUT2D eigenvalue weighted by Gasteiger charge is 2.15. The molecule has 0 fully saturated rings. The lowest BCUT2D eigenvalue weighted by atomic mass is 10.3. The number of anilines is 2. The summed E-state index contributed by atoms with van der Waals surface area (Å²) in [5.41, 5.74) is 5.77. The van der Waals surface area contributed by atoms with E-state index in [1.807, 2.05) is 0 Å². The Kier molecular flexibility index (Phi) is 4.02. The third kappa shape index (κ3) is 4.00. The zero-order valence-corrected chi connectivity index (χ0v) is 10.3. The molecule has 0 saturated heterocycles. The average molecular weight is 280 g/mol. The molecule has 0 spiro atoms. The van der Waals surface area contributed by atoms with E-state index < -0.39 is 16.3 Å². The molecule has 1 amide bonds. The van der Waals surface area contributed by atoms with Gasteiger partial charge in [-0.2, -0.15) is 8.42 Å². The summed E-state index contributed by atoms with van der Waals surface area (Å²) in [7, 11) is -3.04. The van der Waals surface area contributed by atoms with E-state index in [1.165, 1.54) is 18.2 Å². The van der Waals surface area contributed by atoms with Gasteiger partial charge in [0.25, 0.3) is 0 Å². The Morgan fingerprint density at radius 3 is 2.65 bits per heavy atom. The number of benzene rings is 1. The first-order valence-electron chi connectivity index (χ1n) is 4.27. The van der Waals surface area contributed by atoms with Crippen molar-refractivity contribution in [3.05, 3.63) is 23.2 Å². The molecule has 7 nitrogen and oxygen atoms in total. The third-order valence-corrected chi connectivity index (χ3v) is 2.82. The highest BCUT2D eigenvalue weighted by atomic mass is 35.5. The van der Waals surface area contributed by atoms with E-state index in [4.69, 9.17) is 17.3 Å². The summed E-state index contributed by atoms with van der Waals surface area (Å²) in [6.45, 7) is 0. The molecule has 0 radical (unpaired) electrons. The van der Waals surface area contributed by atoms with Gasteiger partial charge in [0.2, 0.25) is 0 Å². The van der Waals surface area contributed by atoms with Gasteiger partial charge in [-0.05, 0) is 18.2 Å². The van der Waals surface area contributed by atoms with Crippen molar-refractivity contribution in [3.63, 3.8) is 0 Å². The second-order valence-electron chi connectivity index (χ2n) is 2.93. The number of rotatable bonds is 3. The lowest BCUT2D eigenvalue weighted by Gasteiger charge is -2.10. The molecule has 0 saturated carbocycles. The topological polar surface area (TPSA) is 111 Å². The highest BCUT2D eigenvalue weighted by molar-refractivity contribution is 7.91. The predicted molar refractivity (Wildman–Crippen MR) is 63.9 cm³/mol. The van der Waals surface area contributed by atoms with E-state index in [0.717, 1.165) is 7.11 Å². The van der Waals surface area contributed by atoms with Crippen LogP contribution < -0.4 is 15.2 Å². The molecule has 17 heavy (non-hydrogen) atoms. The minimum Gasteiger partial charge on any atom is -0.452 e. The second kappa shape index (κ2) is 5.11. The second-order valence-corrected chi connectivity index (χ2v) is 4.78. The van der Waals surface area contributed by atoms with Gasteiger partial charge in [0.15, 0.2) is 0 Å². The minimum absolute atomic E-state index is 0.103. The first kappa shape index (κ1) is 13.4. The van der Waals surface area contributed by atoms with Gasteiger partial charge in [-0.15, -0.1) is 0 Å². The van der Waals surface area contributed by atoms with E-state index in [1.54, 1.807) is 4.72 Å². The molecule has 0 unspecified atom stereocenters. The maximum absolute atomic E-state index is 11.4. The summed E-state index contributed by atoms with van der Waals surface area (Å²) in [4.78, 5) is 10.8. The quantitative estimate of drug-likeness (QED) is 0.713. The monoisotopic (exact) mass is 279 g/mol. The van der Waals surface area contributed by atoms with Gasteiger partial charge < -0.3 is 10.5 Å². The van der Waals surface area contributed by atoms with Crippen molar-refractivity contribution < 1.29 is 17.9 Å². The number of halogens is 1. The molecule has 0 aliphatic carbocycles. The van der Waals surface area contributed by atoms with Gasteiger partial charge in [-0.1, -0.05) is 11.6 Å². The Balaban J connectivity index is 2.87. The number of nitrogen functional groups attached to an aromatic ring is 1. The molecule has 1 aromatic carbocycles.